The van der Waals surface area contributed by atoms with Gasteiger partial charge in [0.2, 0.25) is 5.91 Å². The molecule has 2 heterocycles. The summed E-state index contributed by atoms with van der Waals surface area (Å²) in [6.07, 6.45) is 1.05. The Labute approximate surface area is 123 Å². The molecule has 2 saturated heterocycles. The van der Waals surface area contributed by atoms with Crippen LogP contribution in [0.2, 0.25) is 0 Å². The molecule has 0 aliphatic carbocycles. The van der Waals surface area contributed by atoms with Crippen LogP contribution in [0, 0.1) is 11.8 Å². The Morgan fingerprint density at radius 3 is 2.50 bits per heavy atom. The molecule has 2 unspecified atom stereocenters. The number of carbonyl (C=O) groups is 1. The van der Waals surface area contributed by atoms with E-state index in [9.17, 15) is 4.79 Å². The molecular weight excluding hydrogens is 252 g/mol. The molecule has 0 radical (unpaired) electrons. The zero-order chi connectivity index (χ0) is 14.5. The first-order valence-corrected chi connectivity index (χ1v) is 7.93. The van der Waals surface area contributed by atoms with Crippen molar-refractivity contribution in [3.8, 4) is 0 Å². The molecule has 0 aromatic carbocycles. The summed E-state index contributed by atoms with van der Waals surface area (Å²) < 4.78 is 0. The Hall–Kier alpha value is -0.650. The molecule has 2 rings (SSSR count). The highest BCUT2D eigenvalue weighted by Gasteiger charge is 2.30. The van der Waals surface area contributed by atoms with Gasteiger partial charge in [-0.25, -0.2) is 0 Å². The van der Waals surface area contributed by atoms with Crippen LogP contribution >= 0.6 is 0 Å². The topological polar surface area (TPSA) is 38.8 Å². The molecule has 0 aromatic rings. The Bertz CT molecular complexity index is 313. The molecule has 2 aliphatic rings. The second-order valence-corrected chi connectivity index (χ2v) is 6.67. The molecule has 1 N–H and O–H groups in total. The highest BCUT2D eigenvalue weighted by molar-refractivity contribution is 5.79. The molecule has 5 nitrogen and oxygen atoms in total. The lowest BCUT2D eigenvalue weighted by Gasteiger charge is -2.38. The third-order valence-electron chi connectivity index (χ3n) is 4.47. The molecule has 0 aromatic heterocycles. The number of rotatable bonds is 4. The number of hydrogen-bond acceptors (Lipinski definition) is 4. The fraction of sp³-hybridized carbons (Fsp3) is 0.933. The molecule has 2 fully saturated rings. The number of likely N-dealkylation sites (N-methyl/N-ethyl adjacent to an activating group) is 1. The van der Waals surface area contributed by atoms with E-state index in [1.54, 1.807) is 0 Å². The standard InChI is InChI=1S/C15H30N4O/c1-13-10-14(12-16-11-13)15(20)19-8-6-18(7-9-19)5-4-17(2)3/h13-14,16H,4-12H2,1-3H3. The lowest BCUT2D eigenvalue weighted by molar-refractivity contribution is -0.138. The first-order valence-electron chi connectivity index (χ1n) is 7.93. The Morgan fingerprint density at radius 1 is 1.20 bits per heavy atom. The van der Waals surface area contributed by atoms with E-state index in [1.807, 2.05) is 0 Å². The second-order valence-electron chi connectivity index (χ2n) is 6.67. The molecule has 2 aliphatic heterocycles. The van der Waals surface area contributed by atoms with Crippen LogP contribution in [0.15, 0.2) is 0 Å². The van der Waals surface area contributed by atoms with E-state index in [1.165, 1.54) is 0 Å². The molecule has 20 heavy (non-hydrogen) atoms. The number of nitrogens with zero attached hydrogens (tertiary/aromatic N) is 3. The summed E-state index contributed by atoms with van der Waals surface area (Å²) in [5.74, 6) is 1.20. The van der Waals surface area contributed by atoms with Gasteiger partial charge in [0.05, 0.1) is 5.92 Å². The van der Waals surface area contributed by atoms with Gasteiger partial charge in [-0.05, 0) is 33.0 Å². The van der Waals surface area contributed by atoms with Crippen LogP contribution < -0.4 is 5.32 Å². The quantitative estimate of drug-likeness (QED) is 0.784. The van der Waals surface area contributed by atoms with Gasteiger partial charge in [-0.3, -0.25) is 9.69 Å². The summed E-state index contributed by atoms with van der Waals surface area (Å²) in [5.41, 5.74) is 0. The number of amides is 1. The van der Waals surface area contributed by atoms with Crippen molar-refractivity contribution in [3.05, 3.63) is 0 Å². The maximum Gasteiger partial charge on any atom is 0.227 e. The lowest BCUT2D eigenvalue weighted by Crippen LogP contribution is -2.53. The Morgan fingerprint density at radius 2 is 1.90 bits per heavy atom. The minimum absolute atomic E-state index is 0.201. The molecule has 0 spiro atoms. The van der Waals surface area contributed by atoms with E-state index in [4.69, 9.17) is 0 Å². The van der Waals surface area contributed by atoms with Crippen LogP contribution in [0.1, 0.15) is 13.3 Å². The number of piperidine rings is 1. The van der Waals surface area contributed by atoms with E-state index >= 15 is 0 Å². The average Bonchev–Trinajstić information content (AvgIpc) is 2.45. The number of hydrogen-bond donors (Lipinski definition) is 1. The molecule has 5 heteroatoms. The van der Waals surface area contributed by atoms with E-state index in [0.29, 0.717) is 11.8 Å². The Balaban J connectivity index is 1.74. The normalized spacial score (nSPS) is 28.9. The predicted molar refractivity (Wildman–Crippen MR) is 81.7 cm³/mol. The highest BCUT2D eigenvalue weighted by atomic mass is 16.2. The number of piperazine rings is 1. The van der Waals surface area contributed by atoms with Crippen LogP contribution in [0.5, 0.6) is 0 Å². The molecule has 1 amide bonds. The maximum absolute atomic E-state index is 12.5. The van der Waals surface area contributed by atoms with Gasteiger partial charge in [0.15, 0.2) is 0 Å². The third-order valence-corrected chi connectivity index (χ3v) is 4.47. The average molecular weight is 282 g/mol. The second kappa shape index (κ2) is 7.38. The first-order chi connectivity index (χ1) is 9.56. The molecule has 0 saturated carbocycles. The molecule has 0 bridgehead atoms. The van der Waals surface area contributed by atoms with Crippen molar-refractivity contribution in [1.29, 1.82) is 0 Å². The Kier molecular flexibility index (Phi) is 5.81. The molecule has 2 atom stereocenters. The van der Waals surface area contributed by atoms with Crippen LogP contribution in [0.4, 0.5) is 0 Å². The largest absolute Gasteiger partial charge is 0.340 e. The van der Waals surface area contributed by atoms with Gasteiger partial charge < -0.3 is 15.1 Å². The van der Waals surface area contributed by atoms with Crippen molar-refractivity contribution in [3.63, 3.8) is 0 Å². The number of carbonyl (C=O) groups excluding carboxylic acids is 1. The van der Waals surface area contributed by atoms with E-state index in [0.717, 1.165) is 58.8 Å². The third kappa shape index (κ3) is 4.43. The van der Waals surface area contributed by atoms with Crippen molar-refractivity contribution >= 4 is 5.91 Å². The zero-order valence-corrected chi connectivity index (χ0v) is 13.3. The van der Waals surface area contributed by atoms with Crippen LogP contribution in [0.25, 0.3) is 0 Å². The van der Waals surface area contributed by atoms with Gasteiger partial charge in [0.25, 0.3) is 0 Å². The van der Waals surface area contributed by atoms with Crippen molar-refractivity contribution in [2.24, 2.45) is 11.8 Å². The van der Waals surface area contributed by atoms with Crippen molar-refractivity contribution in [2.75, 3.05) is 66.5 Å². The van der Waals surface area contributed by atoms with Gasteiger partial charge >= 0.3 is 0 Å². The highest BCUT2D eigenvalue weighted by Crippen LogP contribution is 2.19. The lowest BCUT2D eigenvalue weighted by atomic mass is 9.90. The van der Waals surface area contributed by atoms with E-state index < -0.39 is 0 Å². The van der Waals surface area contributed by atoms with Gasteiger partial charge in [-0.15, -0.1) is 0 Å². The predicted octanol–water partition coefficient (Wildman–Crippen LogP) is -0.0622. The monoisotopic (exact) mass is 282 g/mol. The SMILES string of the molecule is CC1CNCC(C(=O)N2CCN(CCN(C)C)CC2)C1. The minimum atomic E-state index is 0.201. The van der Waals surface area contributed by atoms with E-state index in [-0.39, 0.29) is 5.92 Å². The van der Waals surface area contributed by atoms with Crippen LogP contribution in [-0.4, -0.2) is 87.1 Å². The zero-order valence-electron chi connectivity index (χ0n) is 13.3. The number of nitrogens with one attached hydrogen (secondary N) is 1. The minimum Gasteiger partial charge on any atom is -0.340 e. The fourth-order valence-electron chi connectivity index (χ4n) is 3.14. The van der Waals surface area contributed by atoms with Crippen LogP contribution in [0.3, 0.4) is 0 Å². The summed E-state index contributed by atoms with van der Waals surface area (Å²) in [4.78, 5) is 19.3. The maximum atomic E-state index is 12.5. The summed E-state index contributed by atoms with van der Waals surface area (Å²) in [6.45, 7) is 10.2. The van der Waals surface area contributed by atoms with E-state index in [2.05, 4.69) is 41.0 Å². The summed E-state index contributed by atoms with van der Waals surface area (Å²) in [5, 5.41) is 3.38. The summed E-state index contributed by atoms with van der Waals surface area (Å²) in [6, 6.07) is 0. The van der Waals surface area contributed by atoms with Crippen LogP contribution in [-0.2, 0) is 4.79 Å². The molecular formula is C15H30N4O. The van der Waals surface area contributed by atoms with Crippen molar-refractivity contribution < 1.29 is 4.79 Å². The van der Waals surface area contributed by atoms with Gasteiger partial charge in [-0.1, -0.05) is 6.92 Å². The van der Waals surface area contributed by atoms with Gasteiger partial charge in [0, 0.05) is 45.8 Å². The fourth-order valence-corrected chi connectivity index (χ4v) is 3.14. The van der Waals surface area contributed by atoms with Gasteiger partial charge in [-0.2, -0.15) is 0 Å². The molecule has 116 valence electrons. The first kappa shape index (κ1) is 15.7. The summed E-state index contributed by atoms with van der Waals surface area (Å²) >= 11 is 0. The summed E-state index contributed by atoms with van der Waals surface area (Å²) in [7, 11) is 4.22. The smallest absolute Gasteiger partial charge is 0.227 e. The van der Waals surface area contributed by atoms with Crippen molar-refractivity contribution in [1.82, 2.24) is 20.0 Å². The van der Waals surface area contributed by atoms with Crippen molar-refractivity contribution in [2.45, 2.75) is 13.3 Å². The van der Waals surface area contributed by atoms with Gasteiger partial charge in [0.1, 0.15) is 0 Å².